The predicted octanol–water partition coefficient (Wildman–Crippen LogP) is 2.34. The molecule has 2 rings (SSSR count). The Morgan fingerprint density at radius 1 is 1.29 bits per heavy atom. The van der Waals surface area contributed by atoms with Crippen molar-refractivity contribution in [2.24, 2.45) is 0 Å². The molecule has 0 saturated carbocycles. The van der Waals surface area contributed by atoms with Gasteiger partial charge in [0.1, 0.15) is 0 Å². The molecule has 0 amide bonds. The minimum atomic E-state index is 0.744. The average molecular weight is 210 g/mol. The molecule has 1 aliphatic rings. The molecule has 1 heterocycles. The molecular weight excluding hydrogens is 198 g/mol. The fraction of sp³-hybridized carbons (Fsp3) is 0.200. The van der Waals surface area contributed by atoms with Crippen LogP contribution in [0.2, 0.25) is 5.02 Å². The first-order valence-corrected chi connectivity index (χ1v) is 4.80. The van der Waals surface area contributed by atoms with Crippen molar-refractivity contribution >= 4 is 17.3 Å². The minimum absolute atomic E-state index is 0.744. The molecule has 3 nitrogen and oxygen atoms in total. The highest BCUT2D eigenvalue weighted by Crippen LogP contribution is 2.28. The van der Waals surface area contributed by atoms with Crippen molar-refractivity contribution in [3.63, 3.8) is 0 Å². The summed E-state index contributed by atoms with van der Waals surface area (Å²) in [4.78, 5) is 0. The molecule has 74 valence electrons. The van der Waals surface area contributed by atoms with Crippen molar-refractivity contribution in [1.29, 1.82) is 0 Å². The summed E-state index contributed by atoms with van der Waals surface area (Å²) < 4.78 is 0. The van der Waals surface area contributed by atoms with E-state index in [1.165, 1.54) is 0 Å². The van der Waals surface area contributed by atoms with Crippen LogP contribution in [0.5, 0.6) is 0 Å². The molecule has 1 aromatic carbocycles. The number of benzene rings is 1. The van der Waals surface area contributed by atoms with E-state index >= 15 is 0 Å². The van der Waals surface area contributed by atoms with Crippen LogP contribution in [0.25, 0.3) is 0 Å². The van der Waals surface area contributed by atoms with E-state index < -0.39 is 0 Å². The van der Waals surface area contributed by atoms with Crippen LogP contribution in [0.3, 0.4) is 0 Å². The lowest BCUT2D eigenvalue weighted by molar-refractivity contribution is 0.671. The molecule has 2 N–H and O–H groups in total. The van der Waals surface area contributed by atoms with Crippen molar-refractivity contribution in [3.8, 4) is 0 Å². The number of hydrogen-bond acceptors (Lipinski definition) is 3. The van der Waals surface area contributed by atoms with E-state index in [2.05, 4.69) is 11.0 Å². The van der Waals surface area contributed by atoms with Crippen molar-refractivity contribution < 1.29 is 0 Å². The summed E-state index contributed by atoms with van der Waals surface area (Å²) in [5, 5.41) is 2.65. The molecular formula is C10H12ClN3. The summed E-state index contributed by atoms with van der Waals surface area (Å²) in [6.07, 6.45) is 1.89. The van der Waals surface area contributed by atoms with Gasteiger partial charge < -0.3 is 5.43 Å². The van der Waals surface area contributed by atoms with Crippen molar-refractivity contribution in [2.75, 3.05) is 5.01 Å². The molecule has 0 radical (unpaired) electrons. The Bertz CT molecular complexity index is 387. The Morgan fingerprint density at radius 2 is 2.07 bits per heavy atom. The second kappa shape index (κ2) is 3.52. The van der Waals surface area contributed by atoms with Gasteiger partial charge in [0.05, 0.1) is 16.4 Å². The third-order valence-electron chi connectivity index (χ3n) is 2.15. The highest BCUT2D eigenvalue weighted by molar-refractivity contribution is 6.33. The van der Waals surface area contributed by atoms with E-state index in [9.17, 15) is 0 Å². The van der Waals surface area contributed by atoms with Crippen molar-refractivity contribution in [3.05, 3.63) is 40.7 Å². The maximum absolute atomic E-state index is 6.14. The van der Waals surface area contributed by atoms with Gasteiger partial charge in [-0.05, 0) is 31.5 Å². The number of hydrogen-bond donors (Lipinski definition) is 2. The van der Waals surface area contributed by atoms with Gasteiger partial charge in [-0.2, -0.15) is 0 Å². The van der Waals surface area contributed by atoms with E-state index in [1.807, 2.05) is 43.3 Å². The van der Waals surface area contributed by atoms with Crippen LogP contribution >= 0.6 is 11.6 Å². The van der Waals surface area contributed by atoms with Gasteiger partial charge in [0.15, 0.2) is 0 Å². The second-order valence-corrected chi connectivity index (χ2v) is 3.74. The summed E-state index contributed by atoms with van der Waals surface area (Å²) in [5.74, 6) is 0. The van der Waals surface area contributed by atoms with Crippen LogP contribution in [0.15, 0.2) is 30.1 Å². The number of rotatable bonds is 1. The zero-order chi connectivity index (χ0) is 10.1. The molecule has 0 aliphatic carbocycles. The van der Waals surface area contributed by atoms with Crippen LogP contribution in [-0.2, 0) is 0 Å². The summed E-state index contributed by atoms with van der Waals surface area (Å²) >= 11 is 6.14. The number of nitrogens with one attached hydrogen (secondary N) is 2. The lowest BCUT2D eigenvalue weighted by atomic mass is 10.2. The van der Waals surface area contributed by atoms with E-state index in [1.54, 1.807) is 0 Å². The minimum Gasteiger partial charge on any atom is -0.309 e. The van der Waals surface area contributed by atoms with Crippen LogP contribution in [0, 0.1) is 6.92 Å². The van der Waals surface area contributed by atoms with Gasteiger partial charge in [-0.15, -0.1) is 5.53 Å². The maximum Gasteiger partial charge on any atom is 0.0778 e. The molecule has 0 fully saturated rings. The Labute approximate surface area is 88.3 Å². The molecule has 1 aromatic rings. The zero-order valence-electron chi connectivity index (χ0n) is 8.13. The largest absolute Gasteiger partial charge is 0.309 e. The monoisotopic (exact) mass is 209 g/mol. The van der Waals surface area contributed by atoms with Gasteiger partial charge in [0.2, 0.25) is 0 Å². The van der Waals surface area contributed by atoms with E-state index in [0.717, 1.165) is 22.0 Å². The number of nitrogens with zero attached hydrogens (tertiary/aromatic N) is 1. The molecule has 0 aromatic heterocycles. The molecule has 0 atom stereocenters. The summed E-state index contributed by atoms with van der Waals surface area (Å²) in [5.41, 5.74) is 9.10. The van der Waals surface area contributed by atoms with Gasteiger partial charge in [-0.25, -0.2) is 0 Å². The first-order chi connectivity index (χ1) is 6.68. The highest BCUT2D eigenvalue weighted by Gasteiger charge is 2.15. The van der Waals surface area contributed by atoms with Crippen LogP contribution in [0.1, 0.15) is 12.5 Å². The summed E-state index contributed by atoms with van der Waals surface area (Å²) in [7, 11) is 0. The molecule has 14 heavy (non-hydrogen) atoms. The van der Waals surface area contributed by atoms with Gasteiger partial charge in [-0.3, -0.25) is 5.01 Å². The van der Waals surface area contributed by atoms with Gasteiger partial charge in [-0.1, -0.05) is 17.7 Å². The Morgan fingerprint density at radius 3 is 2.64 bits per heavy atom. The fourth-order valence-electron chi connectivity index (χ4n) is 1.40. The Kier molecular flexibility index (Phi) is 2.35. The van der Waals surface area contributed by atoms with Gasteiger partial charge in [0.25, 0.3) is 0 Å². The van der Waals surface area contributed by atoms with Gasteiger partial charge in [0, 0.05) is 6.20 Å². The number of anilines is 1. The number of aryl methyl sites for hydroxylation is 1. The molecule has 0 unspecified atom stereocenters. The zero-order valence-corrected chi connectivity index (χ0v) is 8.89. The number of halogens is 1. The highest BCUT2D eigenvalue weighted by atomic mass is 35.5. The van der Waals surface area contributed by atoms with Crippen molar-refractivity contribution in [2.45, 2.75) is 13.8 Å². The second-order valence-electron chi connectivity index (χ2n) is 3.33. The smallest absolute Gasteiger partial charge is 0.0778 e. The lowest BCUT2D eigenvalue weighted by Crippen LogP contribution is -2.37. The topological polar surface area (TPSA) is 27.3 Å². The van der Waals surface area contributed by atoms with Crippen LogP contribution < -0.4 is 16.0 Å². The first kappa shape index (κ1) is 9.37. The summed E-state index contributed by atoms with van der Waals surface area (Å²) in [6, 6.07) is 5.98. The summed E-state index contributed by atoms with van der Waals surface area (Å²) in [6.45, 7) is 4.03. The fourth-order valence-corrected chi connectivity index (χ4v) is 1.72. The van der Waals surface area contributed by atoms with E-state index in [-0.39, 0.29) is 0 Å². The molecule has 0 saturated heterocycles. The molecule has 4 heteroatoms. The third kappa shape index (κ3) is 1.56. The molecule has 0 bridgehead atoms. The third-order valence-corrected chi connectivity index (χ3v) is 2.46. The van der Waals surface area contributed by atoms with Crippen LogP contribution in [-0.4, -0.2) is 0 Å². The Hall–Kier alpha value is -1.19. The van der Waals surface area contributed by atoms with Gasteiger partial charge >= 0.3 is 0 Å². The Balaban J connectivity index is 2.37. The predicted molar refractivity (Wildman–Crippen MR) is 58.7 cm³/mol. The van der Waals surface area contributed by atoms with Crippen LogP contribution in [0.4, 0.5) is 5.69 Å². The SMILES string of the molecule is CC1=CNNN1c1ccc(C)cc1Cl. The molecule has 0 spiro atoms. The normalized spacial score (nSPS) is 15.4. The standard InChI is InChI=1S/C10H12ClN3/c1-7-3-4-10(9(11)5-7)14-8(2)6-12-13-14/h3-6,12-13H,1-2H3. The number of allylic oxidation sites excluding steroid dienone is 1. The average Bonchev–Trinajstić information content (AvgIpc) is 2.52. The lowest BCUT2D eigenvalue weighted by Gasteiger charge is -2.20. The van der Waals surface area contributed by atoms with E-state index in [0.29, 0.717) is 0 Å². The number of hydrazine groups is 2. The maximum atomic E-state index is 6.14. The van der Waals surface area contributed by atoms with Crippen molar-refractivity contribution in [1.82, 2.24) is 11.0 Å². The first-order valence-electron chi connectivity index (χ1n) is 4.43. The van der Waals surface area contributed by atoms with E-state index in [4.69, 9.17) is 11.6 Å². The molecule has 1 aliphatic heterocycles. The quantitative estimate of drug-likeness (QED) is 0.744.